The van der Waals surface area contributed by atoms with Crippen LogP contribution in [-0.2, 0) is 20.9 Å². The van der Waals surface area contributed by atoms with Crippen LogP contribution in [0.1, 0.15) is 44.2 Å². The number of hydrogen-bond acceptors (Lipinski definition) is 7. The molecule has 1 amide bonds. The van der Waals surface area contributed by atoms with E-state index in [1.807, 2.05) is 30.3 Å². The van der Waals surface area contributed by atoms with E-state index in [4.69, 9.17) is 14.2 Å². The first-order valence-corrected chi connectivity index (χ1v) is 10.2. The lowest BCUT2D eigenvalue weighted by Crippen LogP contribution is -2.41. The van der Waals surface area contributed by atoms with Gasteiger partial charge < -0.3 is 14.2 Å². The minimum Gasteiger partial charge on any atom is -0.482 e. The predicted molar refractivity (Wildman–Crippen MR) is 117 cm³/mol. The largest absolute Gasteiger partial charge is 0.482 e. The van der Waals surface area contributed by atoms with E-state index in [9.17, 15) is 19.7 Å². The molecule has 1 heterocycles. The van der Waals surface area contributed by atoms with Crippen molar-refractivity contribution in [3.05, 3.63) is 63.7 Å². The smallest absolute Gasteiger partial charge is 0.414 e. The van der Waals surface area contributed by atoms with Crippen molar-refractivity contribution in [3.63, 3.8) is 0 Å². The Labute approximate surface area is 186 Å². The van der Waals surface area contributed by atoms with Crippen molar-refractivity contribution < 1.29 is 28.7 Å². The summed E-state index contributed by atoms with van der Waals surface area (Å²) in [6, 6.07) is 12.2. The number of nitro groups is 1. The van der Waals surface area contributed by atoms with Crippen molar-refractivity contribution >= 4 is 23.4 Å². The number of nitro benzene ring substituents is 1. The van der Waals surface area contributed by atoms with E-state index >= 15 is 0 Å². The van der Waals surface area contributed by atoms with Crippen LogP contribution in [0.15, 0.2) is 42.5 Å². The Morgan fingerprint density at radius 3 is 2.44 bits per heavy atom. The molecular formula is C23H26N2O7. The molecule has 0 saturated heterocycles. The lowest BCUT2D eigenvalue weighted by molar-refractivity contribution is -0.386. The minimum atomic E-state index is -0.908. The molecule has 1 atom stereocenters. The van der Waals surface area contributed by atoms with Gasteiger partial charge in [-0.05, 0) is 44.9 Å². The van der Waals surface area contributed by atoms with Gasteiger partial charge in [0.2, 0.25) is 0 Å². The van der Waals surface area contributed by atoms with Crippen LogP contribution in [0.25, 0.3) is 0 Å². The highest BCUT2D eigenvalue weighted by atomic mass is 16.6. The molecule has 2 aromatic carbocycles. The lowest BCUT2D eigenvalue weighted by Gasteiger charge is -2.34. The average Bonchev–Trinajstić information content (AvgIpc) is 2.75. The summed E-state index contributed by atoms with van der Waals surface area (Å²) in [5.41, 5.74) is 0.0480. The number of nitrogens with zero attached hydrogens (tertiary/aromatic N) is 2. The molecule has 3 rings (SSSR count). The fourth-order valence-electron chi connectivity index (χ4n) is 3.60. The third-order valence-corrected chi connectivity index (χ3v) is 4.96. The topological polar surface area (TPSA) is 108 Å². The Morgan fingerprint density at radius 2 is 1.84 bits per heavy atom. The molecule has 0 spiro atoms. The fourth-order valence-corrected chi connectivity index (χ4v) is 3.60. The van der Waals surface area contributed by atoms with Gasteiger partial charge in [-0.3, -0.25) is 19.8 Å². The maximum Gasteiger partial charge on any atom is 0.414 e. The highest BCUT2D eigenvalue weighted by Gasteiger charge is 2.41. The van der Waals surface area contributed by atoms with E-state index in [-0.39, 0.29) is 42.3 Å². The number of carbonyl (C=O) groups excluding carboxylic acids is 2. The summed E-state index contributed by atoms with van der Waals surface area (Å²) in [5.74, 6) is -1.51. The van der Waals surface area contributed by atoms with Crippen LogP contribution in [-0.4, -0.2) is 36.2 Å². The molecule has 0 radical (unpaired) electrons. The van der Waals surface area contributed by atoms with Gasteiger partial charge in [0.05, 0.1) is 29.2 Å². The summed E-state index contributed by atoms with van der Waals surface area (Å²) >= 11 is 0. The molecule has 170 valence electrons. The monoisotopic (exact) mass is 442 g/mol. The second kappa shape index (κ2) is 9.25. The van der Waals surface area contributed by atoms with Gasteiger partial charge in [0.1, 0.15) is 12.2 Å². The third-order valence-electron chi connectivity index (χ3n) is 4.96. The van der Waals surface area contributed by atoms with Gasteiger partial charge in [-0.25, -0.2) is 4.79 Å². The fraction of sp³-hybridized carbons (Fsp3) is 0.391. The average molecular weight is 442 g/mol. The highest BCUT2D eigenvalue weighted by Crippen LogP contribution is 2.46. The predicted octanol–water partition coefficient (Wildman–Crippen LogP) is 4.58. The number of methoxy groups -OCH3 is 1. The van der Waals surface area contributed by atoms with Gasteiger partial charge in [-0.15, -0.1) is 0 Å². The minimum absolute atomic E-state index is 0.0116. The molecule has 32 heavy (non-hydrogen) atoms. The third kappa shape index (κ3) is 4.99. The standard InChI is InChI=1S/C23H26N2O7/c1-23(2,3)32-22(27)24-13-12-16(21(26)30-4)19-17(24)10-11-18(20(19)25(28)29)31-14-15-8-6-5-7-9-15/h5-11,16H,12-14H2,1-4H3. The number of hydrogen-bond donors (Lipinski definition) is 0. The summed E-state index contributed by atoms with van der Waals surface area (Å²) in [4.78, 5) is 38.1. The molecule has 2 aromatic rings. The quantitative estimate of drug-likeness (QED) is 0.379. The van der Waals surface area contributed by atoms with Gasteiger partial charge in [0.25, 0.3) is 0 Å². The lowest BCUT2D eigenvalue weighted by atomic mass is 9.88. The molecule has 0 saturated carbocycles. The summed E-state index contributed by atoms with van der Waals surface area (Å²) in [6.07, 6.45) is -0.489. The Balaban J connectivity index is 2.07. The number of amides is 1. The van der Waals surface area contributed by atoms with Crippen LogP contribution >= 0.6 is 0 Å². The van der Waals surface area contributed by atoms with Crippen LogP contribution in [0.2, 0.25) is 0 Å². The normalized spacial score (nSPS) is 15.5. The molecule has 0 aromatic heterocycles. The van der Waals surface area contributed by atoms with E-state index in [2.05, 4.69) is 0 Å². The van der Waals surface area contributed by atoms with Crippen LogP contribution in [0.4, 0.5) is 16.2 Å². The second-order valence-corrected chi connectivity index (χ2v) is 8.37. The van der Waals surface area contributed by atoms with Crippen LogP contribution < -0.4 is 9.64 Å². The number of esters is 1. The Kier molecular flexibility index (Phi) is 6.67. The summed E-state index contributed by atoms with van der Waals surface area (Å²) in [6.45, 7) is 5.46. The zero-order valence-electron chi connectivity index (χ0n) is 18.5. The van der Waals surface area contributed by atoms with Crippen molar-refractivity contribution in [1.29, 1.82) is 0 Å². The zero-order chi connectivity index (χ0) is 23.5. The number of benzene rings is 2. The SMILES string of the molecule is COC(=O)C1CCN(C(=O)OC(C)(C)C)c2ccc(OCc3ccccc3)c([N+](=O)[O-])c21. The first-order chi connectivity index (χ1) is 15.1. The molecule has 9 heteroatoms. The number of anilines is 1. The van der Waals surface area contributed by atoms with Gasteiger partial charge in [-0.1, -0.05) is 30.3 Å². The maximum atomic E-state index is 12.8. The number of carbonyl (C=O) groups is 2. The first kappa shape index (κ1) is 23.1. The molecule has 1 aliphatic rings. The summed E-state index contributed by atoms with van der Waals surface area (Å²) in [5, 5.41) is 12.1. The first-order valence-electron chi connectivity index (χ1n) is 10.2. The highest BCUT2D eigenvalue weighted by molar-refractivity contribution is 5.95. The van der Waals surface area contributed by atoms with Gasteiger partial charge >= 0.3 is 17.7 Å². The molecule has 0 N–H and O–H groups in total. The maximum absolute atomic E-state index is 12.8. The number of ether oxygens (including phenoxy) is 3. The molecule has 9 nitrogen and oxygen atoms in total. The van der Waals surface area contributed by atoms with Crippen LogP contribution in [0.5, 0.6) is 5.75 Å². The molecule has 0 bridgehead atoms. The van der Waals surface area contributed by atoms with Gasteiger partial charge in [-0.2, -0.15) is 0 Å². The van der Waals surface area contributed by atoms with Crippen molar-refractivity contribution in [3.8, 4) is 5.75 Å². The van der Waals surface area contributed by atoms with E-state index < -0.39 is 28.5 Å². The number of fused-ring (bicyclic) bond motifs is 1. The number of rotatable bonds is 5. The Bertz CT molecular complexity index is 1010. The molecule has 0 aliphatic carbocycles. The van der Waals surface area contributed by atoms with E-state index in [1.165, 1.54) is 18.1 Å². The molecule has 0 fully saturated rings. The zero-order valence-corrected chi connectivity index (χ0v) is 18.5. The molecule has 1 unspecified atom stereocenters. The van der Waals surface area contributed by atoms with Crippen molar-refractivity contribution in [2.45, 2.75) is 45.3 Å². The van der Waals surface area contributed by atoms with E-state index in [0.717, 1.165) is 5.56 Å². The summed E-state index contributed by atoms with van der Waals surface area (Å²) < 4.78 is 16.1. The Hall–Kier alpha value is -3.62. The van der Waals surface area contributed by atoms with Crippen LogP contribution in [0.3, 0.4) is 0 Å². The second-order valence-electron chi connectivity index (χ2n) is 8.37. The Morgan fingerprint density at radius 1 is 1.16 bits per heavy atom. The van der Waals surface area contributed by atoms with Crippen molar-refractivity contribution in [1.82, 2.24) is 0 Å². The molecular weight excluding hydrogens is 416 g/mol. The van der Waals surface area contributed by atoms with Gasteiger partial charge in [0.15, 0.2) is 5.75 Å². The summed E-state index contributed by atoms with van der Waals surface area (Å²) in [7, 11) is 1.23. The van der Waals surface area contributed by atoms with Crippen LogP contribution in [0, 0.1) is 10.1 Å². The molecule has 1 aliphatic heterocycles. The van der Waals surface area contributed by atoms with Gasteiger partial charge in [0, 0.05) is 6.54 Å². The van der Waals surface area contributed by atoms with E-state index in [0.29, 0.717) is 0 Å². The van der Waals surface area contributed by atoms with Crippen molar-refractivity contribution in [2.24, 2.45) is 0 Å². The van der Waals surface area contributed by atoms with E-state index in [1.54, 1.807) is 26.8 Å². The van der Waals surface area contributed by atoms with Crippen molar-refractivity contribution in [2.75, 3.05) is 18.6 Å².